The number of rotatable bonds is 2. The minimum Gasteiger partial charge on any atom is -0.403 e. The number of benzene rings is 1. The van der Waals surface area contributed by atoms with E-state index in [0.29, 0.717) is 24.2 Å². The van der Waals surface area contributed by atoms with E-state index in [-0.39, 0.29) is 17.1 Å². The Labute approximate surface area is 163 Å². The second-order valence-electron chi connectivity index (χ2n) is 8.45. The molecule has 28 heavy (non-hydrogen) atoms. The second kappa shape index (κ2) is 6.22. The Kier molecular flexibility index (Phi) is 4.06. The summed E-state index contributed by atoms with van der Waals surface area (Å²) in [5.41, 5.74) is 5.27. The quantitative estimate of drug-likeness (QED) is 0.559. The number of nitro groups is 1. The van der Waals surface area contributed by atoms with Crippen LogP contribution in [-0.4, -0.2) is 10.7 Å². The zero-order valence-corrected chi connectivity index (χ0v) is 16.4. The molecule has 2 N–H and O–H groups in total. The minimum absolute atomic E-state index is 0.0246. The minimum atomic E-state index is -0.580. The number of allylic oxidation sites excluding steroid dienone is 1. The van der Waals surface area contributed by atoms with Gasteiger partial charge in [-0.15, -0.1) is 0 Å². The first-order valence-corrected chi connectivity index (χ1v) is 9.30. The van der Waals surface area contributed by atoms with E-state index < -0.39 is 11.0 Å². The monoisotopic (exact) mass is 381 g/mol. The van der Waals surface area contributed by atoms with E-state index in [1.807, 2.05) is 19.9 Å². The Bertz CT molecular complexity index is 1030. The summed E-state index contributed by atoms with van der Waals surface area (Å²) >= 11 is 0. The van der Waals surface area contributed by atoms with Gasteiger partial charge in [0.2, 0.25) is 0 Å². The maximum Gasteiger partial charge on any atom is 0.433 e. The third kappa shape index (κ3) is 3.06. The van der Waals surface area contributed by atoms with Crippen LogP contribution in [0.5, 0.6) is 0 Å². The van der Waals surface area contributed by atoms with Gasteiger partial charge in [0, 0.05) is 17.7 Å². The lowest BCUT2D eigenvalue weighted by Crippen LogP contribution is -2.31. The predicted octanol–water partition coefficient (Wildman–Crippen LogP) is 5.03. The summed E-state index contributed by atoms with van der Waals surface area (Å²) in [4.78, 5) is 23.6. The van der Waals surface area contributed by atoms with E-state index in [4.69, 9.17) is 4.42 Å². The fourth-order valence-electron chi connectivity index (χ4n) is 4.02. The van der Waals surface area contributed by atoms with Crippen LogP contribution in [0.15, 0.2) is 40.0 Å². The second-order valence-corrected chi connectivity index (χ2v) is 8.45. The van der Waals surface area contributed by atoms with Crippen molar-refractivity contribution in [2.45, 2.75) is 46.6 Å². The molecule has 0 radical (unpaired) electrons. The number of hydrogen-bond donors (Lipinski definition) is 2. The molecular weight excluding hydrogens is 358 g/mol. The van der Waals surface area contributed by atoms with E-state index in [1.165, 1.54) is 6.07 Å². The molecule has 1 unspecified atom stereocenters. The molecule has 0 bridgehead atoms. The first kappa shape index (κ1) is 18.3. The molecule has 0 spiro atoms. The van der Waals surface area contributed by atoms with Crippen molar-refractivity contribution in [1.82, 2.24) is 0 Å². The van der Waals surface area contributed by atoms with Crippen LogP contribution in [0.3, 0.4) is 0 Å². The summed E-state index contributed by atoms with van der Waals surface area (Å²) < 4.78 is 5.48. The molecule has 1 atom stereocenters. The fraction of sp³-hybridized carbons (Fsp3) is 0.381. The smallest absolute Gasteiger partial charge is 0.403 e. The summed E-state index contributed by atoms with van der Waals surface area (Å²) in [6.45, 7) is 8.21. The van der Waals surface area contributed by atoms with Gasteiger partial charge in [-0.25, -0.2) is 0 Å². The number of ketones is 1. The van der Waals surface area contributed by atoms with Crippen LogP contribution in [0.1, 0.15) is 49.6 Å². The predicted molar refractivity (Wildman–Crippen MR) is 106 cm³/mol. The molecule has 1 aromatic carbocycles. The van der Waals surface area contributed by atoms with Crippen LogP contribution in [-0.2, 0) is 4.79 Å². The highest BCUT2D eigenvalue weighted by Gasteiger charge is 2.40. The number of carbonyl (C=O) groups is 1. The molecule has 2 aliphatic rings. The van der Waals surface area contributed by atoms with Crippen molar-refractivity contribution in [1.29, 1.82) is 0 Å². The molecule has 2 heterocycles. The third-order valence-electron chi connectivity index (χ3n) is 5.50. The molecule has 7 nitrogen and oxygen atoms in total. The summed E-state index contributed by atoms with van der Waals surface area (Å²) in [5, 5.41) is 17.9. The number of nitrogens with zero attached hydrogens (tertiary/aromatic N) is 1. The van der Waals surface area contributed by atoms with Gasteiger partial charge in [-0.05, 0) is 55.0 Å². The molecule has 0 fully saturated rings. The van der Waals surface area contributed by atoms with Gasteiger partial charge in [0.15, 0.2) is 5.78 Å². The summed E-state index contributed by atoms with van der Waals surface area (Å²) in [5.74, 6) is 0.0525. The zero-order chi connectivity index (χ0) is 20.2. The lowest BCUT2D eigenvalue weighted by Gasteiger charge is -2.33. The molecule has 0 amide bonds. The third-order valence-corrected chi connectivity index (χ3v) is 5.50. The highest BCUT2D eigenvalue weighted by molar-refractivity contribution is 6.01. The van der Waals surface area contributed by atoms with Gasteiger partial charge in [0.25, 0.3) is 0 Å². The van der Waals surface area contributed by atoms with Gasteiger partial charge in [-0.2, -0.15) is 0 Å². The van der Waals surface area contributed by atoms with Gasteiger partial charge >= 0.3 is 5.88 Å². The normalized spacial score (nSPS) is 20.6. The van der Waals surface area contributed by atoms with Crippen molar-refractivity contribution in [3.63, 3.8) is 0 Å². The van der Waals surface area contributed by atoms with Crippen LogP contribution >= 0.6 is 0 Å². The van der Waals surface area contributed by atoms with Gasteiger partial charge in [0.05, 0.1) is 17.4 Å². The number of furan rings is 1. The van der Waals surface area contributed by atoms with Crippen LogP contribution in [0.2, 0.25) is 0 Å². The fourth-order valence-corrected chi connectivity index (χ4v) is 4.02. The molecule has 7 heteroatoms. The zero-order valence-electron chi connectivity index (χ0n) is 16.4. The Morgan fingerprint density at radius 3 is 2.46 bits per heavy atom. The van der Waals surface area contributed by atoms with E-state index in [0.717, 1.165) is 28.2 Å². The van der Waals surface area contributed by atoms with Crippen molar-refractivity contribution < 1.29 is 14.1 Å². The van der Waals surface area contributed by atoms with Crippen LogP contribution in [0, 0.1) is 29.4 Å². The number of nitrogens with one attached hydrogen (secondary N) is 2. The number of anilines is 2. The van der Waals surface area contributed by atoms with Crippen molar-refractivity contribution >= 4 is 23.0 Å². The summed E-state index contributed by atoms with van der Waals surface area (Å²) in [7, 11) is 0. The molecule has 0 saturated carbocycles. The van der Waals surface area contributed by atoms with E-state index in [9.17, 15) is 14.9 Å². The maximum atomic E-state index is 13.1. The topological polar surface area (TPSA) is 97.4 Å². The Hall–Kier alpha value is -3.09. The van der Waals surface area contributed by atoms with Gasteiger partial charge in [0.1, 0.15) is 16.7 Å². The molecule has 146 valence electrons. The van der Waals surface area contributed by atoms with Crippen LogP contribution < -0.4 is 10.6 Å². The van der Waals surface area contributed by atoms with Crippen molar-refractivity contribution in [3.05, 3.63) is 62.5 Å². The molecule has 4 rings (SSSR count). The largest absolute Gasteiger partial charge is 0.433 e. The highest BCUT2D eigenvalue weighted by atomic mass is 16.6. The highest BCUT2D eigenvalue weighted by Crippen LogP contribution is 2.46. The maximum absolute atomic E-state index is 13.1. The SMILES string of the molecule is Cc1cc2c(cc1C)NC(c1ccc([N+](=O)[O-])o1)C1=C(CC(C)(C)CC1=O)N2. The molecule has 0 saturated heterocycles. The van der Waals surface area contributed by atoms with E-state index in [1.54, 1.807) is 6.07 Å². The lowest BCUT2D eigenvalue weighted by molar-refractivity contribution is -0.402. The number of hydrogen-bond acceptors (Lipinski definition) is 6. The van der Waals surface area contributed by atoms with Crippen molar-refractivity contribution in [2.24, 2.45) is 5.41 Å². The van der Waals surface area contributed by atoms with E-state index in [2.05, 4.69) is 30.5 Å². The molecule has 1 aliphatic carbocycles. The number of carbonyl (C=O) groups excluding carboxylic acids is 1. The Morgan fingerprint density at radius 2 is 1.82 bits per heavy atom. The molecule has 2 aromatic rings. The van der Waals surface area contributed by atoms with Gasteiger partial charge in [-0.3, -0.25) is 14.9 Å². The summed E-state index contributed by atoms with van der Waals surface area (Å²) in [6, 6.07) is 6.40. The number of aryl methyl sites for hydroxylation is 2. The van der Waals surface area contributed by atoms with Crippen LogP contribution in [0.25, 0.3) is 0 Å². The van der Waals surface area contributed by atoms with Crippen molar-refractivity contribution in [3.8, 4) is 0 Å². The van der Waals surface area contributed by atoms with Crippen molar-refractivity contribution in [2.75, 3.05) is 10.6 Å². The Balaban J connectivity index is 1.89. The average molecular weight is 381 g/mol. The standard InChI is InChI=1S/C21H23N3O4/c1-11-7-13-14(8-12(11)2)23-20(17-5-6-18(28-17)24(26)27)19-15(22-13)9-21(3,4)10-16(19)25/h5-8,20,22-23H,9-10H2,1-4H3. The van der Waals surface area contributed by atoms with Gasteiger partial charge in [-0.1, -0.05) is 13.8 Å². The Morgan fingerprint density at radius 1 is 1.14 bits per heavy atom. The number of Topliss-reactive ketones (excluding diaryl/α,β-unsaturated/α-hetero) is 1. The first-order valence-electron chi connectivity index (χ1n) is 9.30. The summed E-state index contributed by atoms with van der Waals surface area (Å²) in [6.07, 6.45) is 1.13. The lowest BCUT2D eigenvalue weighted by atomic mass is 9.74. The molecular formula is C21H23N3O4. The van der Waals surface area contributed by atoms with E-state index >= 15 is 0 Å². The number of fused-ring (bicyclic) bond motifs is 1. The van der Waals surface area contributed by atoms with Gasteiger partial charge < -0.3 is 15.1 Å². The molecule has 1 aromatic heterocycles. The van der Waals surface area contributed by atoms with Crippen LogP contribution in [0.4, 0.5) is 17.3 Å². The average Bonchev–Trinajstić information content (AvgIpc) is 3.01. The first-order chi connectivity index (χ1) is 13.1. The molecule has 1 aliphatic heterocycles.